The van der Waals surface area contributed by atoms with Crippen LogP contribution in [0.3, 0.4) is 0 Å². The van der Waals surface area contributed by atoms with Crippen LogP contribution in [-0.2, 0) is 30.1 Å². The zero-order valence-corrected chi connectivity index (χ0v) is 18.9. The summed E-state index contributed by atoms with van der Waals surface area (Å²) < 4.78 is 2.25. The molecule has 2 heterocycles. The molecule has 1 atom stereocenters. The van der Waals surface area contributed by atoms with Gasteiger partial charge in [-0.3, -0.25) is 23.5 Å². The Bertz CT molecular complexity index is 1090. The number of hydrogen-bond acceptors (Lipinski definition) is 7. The van der Waals surface area contributed by atoms with Gasteiger partial charge in [0.05, 0.1) is 0 Å². The van der Waals surface area contributed by atoms with E-state index in [4.69, 9.17) is 0 Å². The van der Waals surface area contributed by atoms with E-state index in [1.807, 2.05) is 20.8 Å². The van der Waals surface area contributed by atoms with Gasteiger partial charge >= 0.3 is 5.69 Å². The average molecular weight is 422 g/mol. The Morgan fingerprint density at radius 3 is 2.17 bits per heavy atom. The van der Waals surface area contributed by atoms with Crippen LogP contribution >= 0.6 is 11.8 Å². The molecule has 0 aromatic carbocycles. The summed E-state index contributed by atoms with van der Waals surface area (Å²) >= 11 is 0.920. The smallest absolute Gasteiger partial charge is 0.332 e. The lowest BCUT2D eigenvalue weighted by Gasteiger charge is -2.20. The van der Waals surface area contributed by atoms with Gasteiger partial charge in [-0.05, 0) is 12.3 Å². The van der Waals surface area contributed by atoms with Crippen LogP contribution in [0.2, 0.25) is 0 Å². The maximum Gasteiger partial charge on any atom is 0.332 e. The number of nitrogens with zero attached hydrogens (tertiary/aromatic N) is 5. The fourth-order valence-corrected chi connectivity index (χ4v) is 3.92. The number of carbonyl (C=O) groups is 2. The molecular weight excluding hydrogens is 394 g/mol. The van der Waals surface area contributed by atoms with Gasteiger partial charge in [-0.15, -0.1) is 0 Å². The van der Waals surface area contributed by atoms with Gasteiger partial charge in [0, 0.05) is 34.6 Å². The summed E-state index contributed by atoms with van der Waals surface area (Å²) in [5.41, 5.74) is -1.03. The van der Waals surface area contributed by atoms with Gasteiger partial charge in [-0.25, -0.2) is 14.8 Å². The van der Waals surface area contributed by atoms with Crippen molar-refractivity contribution in [3.8, 4) is 0 Å². The molecular formula is C19H27N5O4S. The van der Waals surface area contributed by atoms with E-state index in [1.165, 1.54) is 30.5 Å². The van der Waals surface area contributed by atoms with Crippen molar-refractivity contribution in [3.05, 3.63) is 26.7 Å². The predicted molar refractivity (Wildman–Crippen MR) is 112 cm³/mol. The summed E-state index contributed by atoms with van der Waals surface area (Å²) in [6.07, 6.45) is 0.492. The second kappa shape index (κ2) is 8.10. The molecule has 0 saturated carbocycles. The van der Waals surface area contributed by atoms with Gasteiger partial charge in [-0.2, -0.15) is 0 Å². The van der Waals surface area contributed by atoms with Crippen molar-refractivity contribution in [1.82, 2.24) is 24.0 Å². The van der Waals surface area contributed by atoms with Gasteiger partial charge < -0.3 is 4.90 Å². The molecule has 1 amide bonds. The van der Waals surface area contributed by atoms with Crippen LogP contribution in [0.4, 0.5) is 0 Å². The van der Waals surface area contributed by atoms with Crippen molar-refractivity contribution >= 4 is 34.5 Å². The molecule has 0 spiro atoms. The summed E-state index contributed by atoms with van der Waals surface area (Å²) in [7, 11) is 6.02. The molecule has 158 valence electrons. The minimum Gasteiger partial charge on any atom is -0.347 e. The highest BCUT2D eigenvalue weighted by molar-refractivity contribution is 8.01. The predicted octanol–water partition coefficient (Wildman–Crippen LogP) is 0.754. The van der Waals surface area contributed by atoms with Gasteiger partial charge in [0.15, 0.2) is 11.4 Å². The standard InChI is InChI=1S/C19H27N5O4S/c1-10(25)13(17(27)22(5)6)29-15-12-14(20-11(21-15)9-19(2,3)4)23(7)18(28)24(8)16(12)26/h13H,9H2,1-8H3/t13-/m0/s1. The zero-order chi connectivity index (χ0) is 22.3. The number of amides is 1. The molecule has 29 heavy (non-hydrogen) atoms. The number of carbonyl (C=O) groups excluding carboxylic acids is 2. The van der Waals surface area contributed by atoms with Crippen molar-refractivity contribution in [2.75, 3.05) is 14.1 Å². The van der Waals surface area contributed by atoms with Crippen LogP contribution in [0.5, 0.6) is 0 Å². The number of aryl methyl sites for hydroxylation is 1. The first-order chi connectivity index (χ1) is 13.2. The molecule has 0 aliphatic rings. The zero-order valence-electron chi connectivity index (χ0n) is 18.1. The number of aromatic nitrogens is 4. The maximum absolute atomic E-state index is 12.8. The average Bonchev–Trinajstić information content (AvgIpc) is 2.59. The molecule has 0 N–H and O–H groups in total. The lowest BCUT2D eigenvalue weighted by molar-refractivity contribution is -0.132. The first-order valence-corrected chi connectivity index (χ1v) is 9.97. The molecule has 0 aliphatic heterocycles. The second-order valence-corrected chi connectivity index (χ2v) is 9.52. The molecule has 2 aromatic rings. The quantitative estimate of drug-likeness (QED) is 0.398. The molecule has 0 bridgehead atoms. The Labute approximate surface area is 173 Å². The van der Waals surface area contributed by atoms with E-state index in [0.29, 0.717) is 12.2 Å². The molecule has 2 rings (SSSR count). The van der Waals surface area contributed by atoms with Crippen molar-refractivity contribution in [3.63, 3.8) is 0 Å². The Kier molecular flexibility index (Phi) is 6.36. The summed E-state index contributed by atoms with van der Waals surface area (Å²) in [4.78, 5) is 60.2. The van der Waals surface area contributed by atoms with E-state index in [0.717, 1.165) is 16.3 Å². The first kappa shape index (κ1) is 22.8. The number of ketones is 1. The highest BCUT2D eigenvalue weighted by atomic mass is 32.2. The van der Waals surface area contributed by atoms with E-state index in [-0.39, 0.29) is 27.3 Å². The van der Waals surface area contributed by atoms with Gasteiger partial charge in [-0.1, -0.05) is 32.5 Å². The summed E-state index contributed by atoms with van der Waals surface area (Å²) in [5, 5.41) is -0.705. The third-order valence-corrected chi connectivity index (χ3v) is 5.55. The van der Waals surface area contributed by atoms with Crippen molar-refractivity contribution < 1.29 is 9.59 Å². The maximum atomic E-state index is 12.8. The van der Waals surface area contributed by atoms with E-state index >= 15 is 0 Å². The fraction of sp³-hybridized carbons (Fsp3) is 0.579. The van der Waals surface area contributed by atoms with E-state index < -0.39 is 22.4 Å². The van der Waals surface area contributed by atoms with E-state index in [1.54, 1.807) is 14.1 Å². The van der Waals surface area contributed by atoms with Crippen molar-refractivity contribution in [1.29, 1.82) is 0 Å². The number of fused-ring (bicyclic) bond motifs is 1. The minimum absolute atomic E-state index is 0.120. The van der Waals surface area contributed by atoms with Crippen LogP contribution in [0, 0.1) is 5.41 Å². The normalized spacial score (nSPS) is 12.8. The van der Waals surface area contributed by atoms with E-state index in [2.05, 4.69) is 9.97 Å². The van der Waals surface area contributed by atoms with Gasteiger partial charge in [0.2, 0.25) is 5.91 Å². The van der Waals surface area contributed by atoms with Gasteiger partial charge in [0.25, 0.3) is 5.56 Å². The van der Waals surface area contributed by atoms with Gasteiger partial charge in [0.1, 0.15) is 21.5 Å². The number of rotatable bonds is 5. The molecule has 0 radical (unpaired) electrons. The lowest BCUT2D eigenvalue weighted by atomic mass is 9.92. The van der Waals surface area contributed by atoms with Crippen LogP contribution in [-0.4, -0.2) is 55.0 Å². The van der Waals surface area contributed by atoms with Crippen LogP contribution in [0.1, 0.15) is 33.5 Å². The lowest BCUT2D eigenvalue weighted by Crippen LogP contribution is -2.39. The number of thioether (sulfide) groups is 1. The molecule has 0 aliphatic carbocycles. The summed E-state index contributed by atoms with van der Waals surface area (Å²) in [6.45, 7) is 7.38. The summed E-state index contributed by atoms with van der Waals surface area (Å²) in [6, 6.07) is 0. The second-order valence-electron chi connectivity index (χ2n) is 8.43. The summed E-state index contributed by atoms with van der Waals surface area (Å²) in [5.74, 6) is -0.303. The molecule has 0 saturated heterocycles. The van der Waals surface area contributed by atoms with Crippen LogP contribution in [0.25, 0.3) is 11.0 Å². The highest BCUT2D eigenvalue weighted by Gasteiger charge is 2.29. The van der Waals surface area contributed by atoms with Crippen LogP contribution in [0.15, 0.2) is 14.6 Å². The highest BCUT2D eigenvalue weighted by Crippen LogP contribution is 2.29. The molecule has 0 unspecified atom stereocenters. The number of hydrogen-bond donors (Lipinski definition) is 0. The first-order valence-electron chi connectivity index (χ1n) is 9.09. The topological polar surface area (TPSA) is 107 Å². The number of Topliss-reactive ketones (excluding diaryl/α,β-unsaturated/α-hetero) is 1. The third kappa shape index (κ3) is 4.75. The van der Waals surface area contributed by atoms with Crippen molar-refractivity contribution in [2.45, 2.75) is 44.4 Å². The fourth-order valence-electron chi connectivity index (χ4n) is 2.76. The Balaban J connectivity index is 2.84. The molecule has 10 heteroatoms. The van der Waals surface area contributed by atoms with Crippen LogP contribution < -0.4 is 11.2 Å². The van der Waals surface area contributed by atoms with E-state index in [9.17, 15) is 19.2 Å². The third-order valence-electron chi connectivity index (χ3n) is 4.27. The molecule has 9 nitrogen and oxygen atoms in total. The largest absolute Gasteiger partial charge is 0.347 e. The minimum atomic E-state index is -1.05. The van der Waals surface area contributed by atoms with Crippen molar-refractivity contribution in [2.24, 2.45) is 19.5 Å². The SMILES string of the molecule is CC(=O)[C@H](Sc1nc(CC(C)(C)C)nc2c1c(=O)n(C)c(=O)n2C)C(=O)N(C)C. The Hall–Kier alpha value is -2.49. The molecule has 0 fully saturated rings. The Morgan fingerprint density at radius 1 is 1.10 bits per heavy atom. The Morgan fingerprint density at radius 2 is 1.69 bits per heavy atom. The monoisotopic (exact) mass is 421 g/mol. The molecule has 2 aromatic heterocycles.